The largest absolute Gasteiger partial charge is 0.308 e. The van der Waals surface area contributed by atoms with Crippen LogP contribution in [-0.4, -0.2) is 9.13 Å². The van der Waals surface area contributed by atoms with Gasteiger partial charge >= 0.3 is 0 Å². The summed E-state index contributed by atoms with van der Waals surface area (Å²) in [4.78, 5) is 0. The lowest BCUT2D eigenvalue weighted by molar-refractivity contribution is 1.13. The molecule has 0 atom stereocenters. The van der Waals surface area contributed by atoms with Crippen LogP contribution in [0.25, 0.3) is 111 Å². The van der Waals surface area contributed by atoms with E-state index in [2.05, 4.69) is 124 Å². The number of aromatic nitrogens is 2. The van der Waals surface area contributed by atoms with Gasteiger partial charge in [0.2, 0.25) is 0 Å². The molecule has 9 heteroatoms. The number of nitrogens with zero attached hydrogens (tertiary/aromatic N) is 9. The highest BCUT2D eigenvalue weighted by molar-refractivity contribution is 6.14. The Bertz CT molecular complexity index is 4220. The minimum Gasteiger partial charge on any atom is -0.308 e. The lowest BCUT2D eigenvalue weighted by Gasteiger charge is -2.22. The molecule has 0 unspecified atom stereocenters. The van der Waals surface area contributed by atoms with Crippen LogP contribution >= 0.6 is 0 Å². The van der Waals surface area contributed by atoms with Crippen molar-refractivity contribution in [3.63, 3.8) is 0 Å². The van der Waals surface area contributed by atoms with Gasteiger partial charge in [0.15, 0.2) is 0 Å². The zero-order valence-corrected chi connectivity index (χ0v) is 40.1. The zero-order chi connectivity index (χ0) is 52.0. The second kappa shape index (κ2) is 18.4. The van der Waals surface area contributed by atoms with Crippen LogP contribution < -0.4 is 0 Å². The first-order valence-corrected chi connectivity index (χ1v) is 24.0. The Kier molecular flexibility index (Phi) is 11.0. The molecule has 2 heterocycles. The van der Waals surface area contributed by atoms with Crippen molar-refractivity contribution in [3.05, 3.63) is 239 Å². The average Bonchev–Trinajstić information content (AvgIpc) is 4.06. The van der Waals surface area contributed by atoms with E-state index in [1.54, 1.807) is 66.7 Å². The minimum absolute atomic E-state index is 0.275. The highest BCUT2D eigenvalue weighted by Crippen LogP contribution is 2.46. The number of hydrogen-bond acceptors (Lipinski definition) is 7. The Hall–Kier alpha value is -11.8. The Morgan fingerprint density at radius 1 is 0.211 bits per heavy atom. The molecule has 12 aromatic rings. The Morgan fingerprint density at radius 3 is 0.697 bits per heavy atom. The molecule has 0 N–H and O–H groups in total. The maximum Gasteiger partial charge on any atom is 0.0993 e. The standard InChI is InChI=1S/C67H33N9/c68-34-41-1-9-48(10-2-41)52-17-21-57-58-22-18-53(49-11-3-42(35-69)4-12-49)31-62(58)75(61(57)30-52)65-28-47(40-74)29-66(67(65)56-26-45(38-72)25-46(27-56)39-73)76-63-32-54(50-13-5-43(36-70)6-14-50)19-23-59(63)60-24-20-55(33-64(60)76)51-15-7-44(37-71)8-16-51/h1-33H. The fourth-order valence-corrected chi connectivity index (χ4v) is 10.4. The van der Waals surface area contributed by atoms with Gasteiger partial charge in [-0.05, 0) is 153 Å². The van der Waals surface area contributed by atoms with Gasteiger partial charge in [0.05, 0.1) is 115 Å². The molecule has 0 amide bonds. The first kappa shape index (κ1) is 45.4. The fourth-order valence-electron chi connectivity index (χ4n) is 10.4. The average molecular weight is 964 g/mol. The summed E-state index contributed by atoms with van der Waals surface area (Å²) in [6.45, 7) is 0. The van der Waals surface area contributed by atoms with Gasteiger partial charge in [-0.3, -0.25) is 0 Å². The smallest absolute Gasteiger partial charge is 0.0993 e. The third-order valence-corrected chi connectivity index (χ3v) is 14.1. The van der Waals surface area contributed by atoms with E-state index in [4.69, 9.17) is 0 Å². The molecular formula is C67H33N9. The number of hydrogen-bond donors (Lipinski definition) is 0. The van der Waals surface area contributed by atoms with Crippen molar-refractivity contribution in [1.82, 2.24) is 9.13 Å². The predicted molar refractivity (Wildman–Crippen MR) is 295 cm³/mol. The van der Waals surface area contributed by atoms with Crippen molar-refractivity contribution < 1.29 is 0 Å². The number of nitriles is 7. The van der Waals surface area contributed by atoms with E-state index in [0.717, 1.165) is 88.1 Å². The molecule has 76 heavy (non-hydrogen) atoms. The summed E-state index contributed by atoms with van der Waals surface area (Å²) < 4.78 is 4.32. The lowest BCUT2D eigenvalue weighted by atomic mass is 9.95. The normalized spacial score (nSPS) is 10.8. The van der Waals surface area contributed by atoms with Gasteiger partial charge in [0.25, 0.3) is 0 Å². The minimum atomic E-state index is 0.275. The van der Waals surface area contributed by atoms with E-state index in [-0.39, 0.29) is 11.1 Å². The van der Waals surface area contributed by atoms with Crippen molar-refractivity contribution >= 4 is 43.6 Å². The molecule has 0 aliphatic heterocycles. The maximum absolute atomic E-state index is 11.3. The van der Waals surface area contributed by atoms with Crippen molar-refractivity contribution in [2.45, 2.75) is 0 Å². The molecule has 0 aliphatic rings. The fraction of sp³-hybridized carbons (Fsp3) is 0. The van der Waals surface area contributed by atoms with Crippen LogP contribution in [-0.2, 0) is 0 Å². The van der Waals surface area contributed by atoms with Crippen molar-refractivity contribution in [3.8, 4) is 109 Å². The molecule has 0 radical (unpaired) electrons. The zero-order valence-electron chi connectivity index (χ0n) is 40.1. The van der Waals surface area contributed by atoms with E-state index in [0.29, 0.717) is 50.3 Å². The molecule has 0 spiro atoms. The highest BCUT2D eigenvalue weighted by atomic mass is 15.0. The Labute approximate surface area is 436 Å². The Morgan fingerprint density at radius 2 is 0.447 bits per heavy atom. The Balaban J connectivity index is 1.25. The van der Waals surface area contributed by atoms with Crippen molar-refractivity contribution in [1.29, 1.82) is 36.8 Å². The van der Waals surface area contributed by atoms with Crippen LogP contribution in [0.1, 0.15) is 38.9 Å². The van der Waals surface area contributed by atoms with Gasteiger partial charge in [-0.1, -0.05) is 97.1 Å². The predicted octanol–water partition coefficient (Wildman–Crippen LogP) is 15.3. The summed E-state index contributed by atoms with van der Waals surface area (Å²) in [6.07, 6.45) is 0. The molecule has 0 saturated carbocycles. The van der Waals surface area contributed by atoms with Crippen LogP contribution in [0.5, 0.6) is 0 Å². The molecule has 12 rings (SSSR count). The highest BCUT2D eigenvalue weighted by Gasteiger charge is 2.25. The summed E-state index contributed by atoms with van der Waals surface area (Å²) in [7, 11) is 0. The number of fused-ring (bicyclic) bond motifs is 6. The monoisotopic (exact) mass is 963 g/mol. The SMILES string of the molecule is N#Cc1ccc(-c2ccc3c4ccc(-c5ccc(C#N)cc5)cc4n(-c4cc(C#N)cc(-n5c6cc(-c7ccc(C#N)cc7)ccc6c6ccc(-c7ccc(C#N)cc7)cc65)c4-c4cc(C#N)cc(C#N)c4)c3c2)cc1. The molecule has 0 aliphatic carbocycles. The van der Waals surface area contributed by atoms with Gasteiger partial charge in [0, 0.05) is 27.1 Å². The summed E-state index contributed by atoms with van der Waals surface area (Å²) in [6, 6.07) is 79.6. The van der Waals surface area contributed by atoms with Crippen molar-refractivity contribution in [2.75, 3.05) is 0 Å². The summed E-state index contributed by atoms with van der Waals surface area (Å²) >= 11 is 0. The molecule has 10 aromatic carbocycles. The first-order valence-electron chi connectivity index (χ1n) is 24.0. The second-order valence-electron chi connectivity index (χ2n) is 18.4. The molecule has 0 bridgehead atoms. The molecule has 2 aromatic heterocycles. The van der Waals surface area contributed by atoms with E-state index in [1.165, 1.54) is 0 Å². The van der Waals surface area contributed by atoms with Gasteiger partial charge in [0.1, 0.15) is 0 Å². The van der Waals surface area contributed by atoms with Gasteiger partial charge in [-0.25, -0.2) is 0 Å². The molecule has 0 fully saturated rings. The van der Waals surface area contributed by atoms with E-state index < -0.39 is 0 Å². The molecule has 9 nitrogen and oxygen atoms in total. The van der Waals surface area contributed by atoms with Gasteiger partial charge in [-0.2, -0.15) is 36.8 Å². The van der Waals surface area contributed by atoms with Crippen LogP contribution in [0, 0.1) is 79.3 Å². The van der Waals surface area contributed by atoms with Crippen LogP contribution in [0.15, 0.2) is 200 Å². The first-order chi connectivity index (χ1) is 37.3. The molecule has 0 saturated heterocycles. The van der Waals surface area contributed by atoms with E-state index in [9.17, 15) is 36.8 Å². The third-order valence-electron chi connectivity index (χ3n) is 14.1. The lowest BCUT2D eigenvalue weighted by Crippen LogP contribution is -2.06. The van der Waals surface area contributed by atoms with Crippen LogP contribution in [0.3, 0.4) is 0 Å². The van der Waals surface area contributed by atoms with E-state index >= 15 is 0 Å². The number of benzene rings is 10. The van der Waals surface area contributed by atoms with Crippen LogP contribution in [0.2, 0.25) is 0 Å². The molecular weight excluding hydrogens is 931 g/mol. The number of rotatable bonds is 7. The van der Waals surface area contributed by atoms with Gasteiger partial charge in [-0.15, -0.1) is 0 Å². The second-order valence-corrected chi connectivity index (χ2v) is 18.4. The van der Waals surface area contributed by atoms with Crippen LogP contribution in [0.4, 0.5) is 0 Å². The summed E-state index contributed by atoms with van der Waals surface area (Å²) in [5, 5.41) is 74.8. The third kappa shape index (κ3) is 7.69. The summed E-state index contributed by atoms with van der Waals surface area (Å²) in [5.74, 6) is 0. The van der Waals surface area contributed by atoms with Crippen molar-refractivity contribution in [2.24, 2.45) is 0 Å². The quantitative estimate of drug-likeness (QED) is 0.153. The van der Waals surface area contributed by atoms with Gasteiger partial charge < -0.3 is 9.13 Å². The topological polar surface area (TPSA) is 176 Å². The molecule has 346 valence electrons. The van der Waals surface area contributed by atoms with E-state index in [1.807, 2.05) is 60.7 Å². The summed E-state index contributed by atoms with van der Waals surface area (Å²) in [5.41, 5.74) is 15.8. The maximum atomic E-state index is 11.3.